The van der Waals surface area contributed by atoms with E-state index < -0.39 is 36.4 Å². The first kappa shape index (κ1) is 45.1. The Kier molecular flexibility index (Phi) is 13.5. The summed E-state index contributed by atoms with van der Waals surface area (Å²) in [5.41, 5.74) is 4.80. The molecule has 2 amide bonds. The smallest absolute Gasteiger partial charge is 0.416 e. The maximum atomic E-state index is 15.2. The summed E-state index contributed by atoms with van der Waals surface area (Å²) in [5.74, 6) is 2.96. The normalized spacial score (nSPS) is 27.7. The fraction of sp³-hybridized carbons (Fsp3) is 0.421. The average molecular weight is 884 g/mol. The number of ether oxygens (including phenoxy) is 2. The second-order valence-corrected chi connectivity index (χ2v) is 20.0. The Morgan fingerprint density at radius 1 is 0.485 bits per heavy atom. The molecule has 342 valence electrons. The van der Waals surface area contributed by atoms with Crippen LogP contribution in [-0.2, 0) is 9.47 Å². The molecule has 2 fully saturated rings. The first-order chi connectivity index (χ1) is 32.0. The van der Waals surface area contributed by atoms with E-state index in [1.54, 1.807) is 9.80 Å². The van der Waals surface area contributed by atoms with Gasteiger partial charge in [0.2, 0.25) is 0 Å². The minimum atomic E-state index is -0.507. The molecule has 2 aliphatic heterocycles. The summed E-state index contributed by atoms with van der Waals surface area (Å²) >= 11 is 0. The molecule has 10 atom stereocenters. The van der Waals surface area contributed by atoms with Crippen molar-refractivity contribution in [3.63, 3.8) is 0 Å². The number of pyridine rings is 1. The molecule has 0 unspecified atom stereocenters. The Bertz CT molecular complexity index is 2330. The number of hydrogen-bond acceptors (Lipinski definition) is 7. The van der Waals surface area contributed by atoms with Crippen molar-refractivity contribution in [1.82, 2.24) is 14.8 Å². The van der Waals surface area contributed by atoms with E-state index in [2.05, 4.69) is 90.1 Å². The summed E-state index contributed by atoms with van der Waals surface area (Å²) in [6, 6.07) is 44.4. The number of benzene rings is 4. The predicted octanol–water partition coefficient (Wildman–Crippen LogP) is 13.4. The largest absolute Gasteiger partial charge is 0.445 e. The Balaban J connectivity index is 1.16. The lowest BCUT2D eigenvalue weighted by Crippen LogP contribution is -2.44. The van der Waals surface area contributed by atoms with Gasteiger partial charge in [0.15, 0.2) is 11.7 Å². The van der Waals surface area contributed by atoms with Gasteiger partial charge in [-0.05, 0) is 95.6 Å². The van der Waals surface area contributed by atoms with Gasteiger partial charge in [0.1, 0.15) is 35.7 Å². The van der Waals surface area contributed by atoms with Crippen molar-refractivity contribution in [3.8, 4) is 0 Å². The second-order valence-electron chi connectivity index (χ2n) is 20.0. The molecule has 0 bridgehead atoms. The number of amides is 2. The number of aliphatic imine (C=N–C) groups is 2. The van der Waals surface area contributed by atoms with Crippen molar-refractivity contribution in [2.45, 2.75) is 116 Å². The predicted molar refractivity (Wildman–Crippen MR) is 261 cm³/mol. The SMILES string of the molecule is CC(C)[C@H]1CC[C@H](C)C[C@@H]1OC(=O)N1C(c2cccc(C3=N[C@H](c4ccccc4)[C@@H](c4ccccc4)N3C(=O)O[C@H]3C[C@@H](C)CC[C@@H]3C(C)C)n2)=N[C@H](c2ccccc2)[C@H]1c1ccccc1. The molecule has 9 nitrogen and oxygen atoms in total. The van der Waals surface area contributed by atoms with Crippen molar-refractivity contribution in [2.24, 2.45) is 45.5 Å². The molecule has 9 heteroatoms. The second kappa shape index (κ2) is 19.8. The maximum Gasteiger partial charge on any atom is 0.416 e. The van der Waals surface area contributed by atoms with Gasteiger partial charge in [-0.3, -0.25) is 9.98 Å². The van der Waals surface area contributed by atoms with Crippen LogP contribution in [0.3, 0.4) is 0 Å². The van der Waals surface area contributed by atoms with E-state index >= 15 is 9.59 Å². The van der Waals surface area contributed by atoms with Crippen LogP contribution >= 0.6 is 0 Å². The Hall–Kier alpha value is -6.09. The third-order valence-corrected chi connectivity index (χ3v) is 14.7. The Morgan fingerprint density at radius 3 is 1.18 bits per heavy atom. The van der Waals surface area contributed by atoms with E-state index in [1.165, 1.54) is 0 Å². The molecule has 1 aromatic heterocycles. The van der Waals surface area contributed by atoms with Crippen LogP contribution in [0.15, 0.2) is 150 Å². The molecule has 3 heterocycles. The number of hydrogen-bond donors (Lipinski definition) is 0. The van der Waals surface area contributed by atoms with Crippen LogP contribution < -0.4 is 0 Å². The van der Waals surface area contributed by atoms with Crippen LogP contribution in [0.4, 0.5) is 9.59 Å². The van der Waals surface area contributed by atoms with E-state index in [4.69, 9.17) is 24.4 Å². The lowest BCUT2D eigenvalue weighted by molar-refractivity contribution is -0.00672. The van der Waals surface area contributed by atoms with Gasteiger partial charge < -0.3 is 9.47 Å². The number of nitrogens with zero attached hydrogens (tertiary/aromatic N) is 5. The number of rotatable bonds is 10. The summed E-state index contributed by atoms with van der Waals surface area (Å²) in [7, 11) is 0. The quantitative estimate of drug-likeness (QED) is 0.139. The average Bonchev–Trinajstić information content (AvgIpc) is 3.94. The van der Waals surface area contributed by atoms with Gasteiger partial charge in [0.25, 0.3) is 0 Å². The molecule has 4 aliphatic rings. The molecule has 9 rings (SSSR count). The molecule has 66 heavy (non-hydrogen) atoms. The monoisotopic (exact) mass is 884 g/mol. The zero-order valence-electron chi connectivity index (χ0n) is 39.3. The molecule has 2 aliphatic carbocycles. The van der Waals surface area contributed by atoms with Crippen molar-refractivity contribution in [3.05, 3.63) is 173 Å². The highest BCUT2D eigenvalue weighted by molar-refractivity contribution is 6.10. The minimum Gasteiger partial charge on any atom is -0.445 e. The zero-order valence-corrected chi connectivity index (χ0v) is 39.3. The van der Waals surface area contributed by atoms with Crippen LogP contribution in [0.1, 0.15) is 138 Å². The van der Waals surface area contributed by atoms with Crippen LogP contribution in [0.2, 0.25) is 0 Å². The van der Waals surface area contributed by atoms with E-state index in [-0.39, 0.29) is 24.0 Å². The highest BCUT2D eigenvalue weighted by atomic mass is 16.6. The standard InChI is InChI=1S/C57H65N5O4/c1-36(2)44-32-30-38(5)34-48(44)65-56(63)61-52(42-24-15-9-16-25-42)50(40-20-11-7-12-21-40)59-54(61)46-28-19-29-47(58-46)55-60-51(41-22-13-8-14-23-41)53(43-26-17-10-18-27-43)62(55)57(64)66-49-35-39(6)31-33-45(49)37(3)4/h7-29,36-39,44-45,48-53H,30-35H2,1-6H3/t38-,39-,44+,45+,48-,49-,50+,51+,52+,53+/m0/s1. The highest BCUT2D eigenvalue weighted by Crippen LogP contribution is 2.47. The van der Waals surface area contributed by atoms with Crippen LogP contribution in [0.5, 0.6) is 0 Å². The van der Waals surface area contributed by atoms with Gasteiger partial charge in [-0.25, -0.2) is 24.4 Å². The Labute approximate surface area is 391 Å². The van der Waals surface area contributed by atoms with Crippen molar-refractivity contribution in [2.75, 3.05) is 0 Å². The van der Waals surface area contributed by atoms with E-state index in [1.807, 2.05) is 91.0 Å². The first-order valence-electron chi connectivity index (χ1n) is 24.4. The summed E-state index contributed by atoms with van der Waals surface area (Å²) in [6.07, 6.45) is 4.58. The minimum absolute atomic E-state index is 0.228. The van der Waals surface area contributed by atoms with Crippen molar-refractivity contribution >= 4 is 23.9 Å². The fourth-order valence-corrected chi connectivity index (χ4v) is 11.2. The molecular formula is C57H65N5O4. The lowest BCUT2D eigenvalue weighted by atomic mass is 9.75. The molecule has 0 N–H and O–H groups in total. The van der Waals surface area contributed by atoms with Gasteiger partial charge in [-0.2, -0.15) is 0 Å². The number of aromatic nitrogens is 1. The number of amidine groups is 2. The van der Waals surface area contributed by atoms with E-state index in [0.29, 0.717) is 46.7 Å². The summed E-state index contributed by atoms with van der Waals surface area (Å²) in [6.45, 7) is 13.4. The van der Waals surface area contributed by atoms with Gasteiger partial charge in [-0.1, -0.05) is 182 Å². The summed E-state index contributed by atoms with van der Waals surface area (Å²) in [5, 5.41) is 0. The number of carbonyl (C=O) groups is 2. The van der Waals surface area contributed by atoms with E-state index in [9.17, 15) is 0 Å². The lowest BCUT2D eigenvalue weighted by Gasteiger charge is -2.38. The molecule has 5 aromatic rings. The van der Waals surface area contributed by atoms with Crippen LogP contribution in [0, 0.1) is 35.5 Å². The fourth-order valence-electron chi connectivity index (χ4n) is 11.2. The molecule has 4 aromatic carbocycles. The van der Waals surface area contributed by atoms with Crippen molar-refractivity contribution in [1.29, 1.82) is 0 Å². The summed E-state index contributed by atoms with van der Waals surface area (Å²) in [4.78, 5) is 50.1. The highest BCUT2D eigenvalue weighted by Gasteiger charge is 2.48. The van der Waals surface area contributed by atoms with Crippen LogP contribution in [-0.4, -0.2) is 50.8 Å². The van der Waals surface area contributed by atoms with Gasteiger partial charge >= 0.3 is 12.2 Å². The zero-order chi connectivity index (χ0) is 45.9. The molecular weight excluding hydrogens is 819 g/mol. The topological polar surface area (TPSA) is 96.7 Å². The number of carbonyl (C=O) groups excluding carboxylic acids is 2. The van der Waals surface area contributed by atoms with Crippen LogP contribution in [0.25, 0.3) is 0 Å². The summed E-state index contributed by atoms with van der Waals surface area (Å²) < 4.78 is 13.4. The third kappa shape index (κ3) is 9.31. The first-order valence-corrected chi connectivity index (χ1v) is 24.4. The van der Waals surface area contributed by atoms with Gasteiger partial charge in [0, 0.05) is 0 Å². The Morgan fingerprint density at radius 2 is 0.833 bits per heavy atom. The molecule has 0 spiro atoms. The molecule has 2 saturated carbocycles. The van der Waals surface area contributed by atoms with Crippen molar-refractivity contribution < 1.29 is 19.1 Å². The third-order valence-electron chi connectivity index (χ3n) is 14.7. The molecule has 0 radical (unpaired) electrons. The van der Waals surface area contributed by atoms with Gasteiger partial charge in [-0.15, -0.1) is 0 Å². The van der Waals surface area contributed by atoms with Gasteiger partial charge in [0.05, 0.1) is 12.1 Å². The maximum absolute atomic E-state index is 15.2. The van der Waals surface area contributed by atoms with E-state index in [0.717, 1.165) is 60.8 Å². The molecule has 0 saturated heterocycles.